The van der Waals surface area contributed by atoms with Gasteiger partial charge in [-0.1, -0.05) is 12.1 Å². The second kappa shape index (κ2) is 11.4. The summed E-state index contributed by atoms with van der Waals surface area (Å²) in [5.41, 5.74) is 0.836. The van der Waals surface area contributed by atoms with E-state index in [1.54, 1.807) is 30.5 Å². The van der Waals surface area contributed by atoms with Gasteiger partial charge in [0.05, 0.1) is 20.3 Å². The summed E-state index contributed by atoms with van der Waals surface area (Å²) >= 11 is 1.63. The molecular weight excluding hydrogens is 430 g/mol. The van der Waals surface area contributed by atoms with Gasteiger partial charge in [-0.15, -0.1) is 11.3 Å². The number of nitrogens with zero attached hydrogens (tertiary/aromatic N) is 3. The average Bonchev–Trinajstić information content (AvgIpc) is 3.34. The minimum absolute atomic E-state index is 0.213. The number of hydrogen-bond acceptors (Lipinski definition) is 7. The monoisotopic (exact) mass is 457 g/mol. The molecule has 32 heavy (non-hydrogen) atoms. The van der Waals surface area contributed by atoms with Gasteiger partial charge in [-0.05, 0) is 42.1 Å². The van der Waals surface area contributed by atoms with Crippen LogP contribution in [0.3, 0.4) is 0 Å². The summed E-state index contributed by atoms with van der Waals surface area (Å²) < 4.78 is 17.6. The molecule has 9 heteroatoms. The van der Waals surface area contributed by atoms with Crippen molar-refractivity contribution in [1.29, 1.82) is 0 Å². The molecule has 0 aliphatic rings. The van der Waals surface area contributed by atoms with Crippen molar-refractivity contribution in [1.82, 2.24) is 14.7 Å². The molecule has 2 aromatic heterocycles. The van der Waals surface area contributed by atoms with Gasteiger partial charge in [-0.3, -0.25) is 9.59 Å². The number of methoxy groups -OCH3 is 2. The lowest BCUT2D eigenvalue weighted by atomic mass is 10.1. The number of rotatable bonds is 11. The predicted molar refractivity (Wildman–Crippen MR) is 122 cm³/mol. The van der Waals surface area contributed by atoms with Crippen molar-refractivity contribution >= 4 is 17.2 Å². The van der Waals surface area contributed by atoms with Crippen molar-refractivity contribution in [3.63, 3.8) is 0 Å². The molecule has 8 nitrogen and oxygen atoms in total. The van der Waals surface area contributed by atoms with Crippen LogP contribution in [-0.2, 0) is 24.4 Å². The number of carbonyl (C=O) groups is 1. The Morgan fingerprint density at radius 2 is 2.00 bits per heavy atom. The van der Waals surface area contributed by atoms with Crippen molar-refractivity contribution < 1.29 is 19.0 Å². The zero-order valence-electron chi connectivity index (χ0n) is 18.4. The highest BCUT2D eigenvalue weighted by Crippen LogP contribution is 2.30. The summed E-state index contributed by atoms with van der Waals surface area (Å²) in [6.07, 6.45) is 0. The lowest BCUT2D eigenvalue weighted by Gasteiger charge is -2.21. The predicted octanol–water partition coefficient (Wildman–Crippen LogP) is 3.20. The first-order valence-corrected chi connectivity index (χ1v) is 11.1. The molecule has 3 rings (SSSR count). The maximum Gasteiger partial charge on any atom is 0.274 e. The van der Waals surface area contributed by atoms with Gasteiger partial charge in [0, 0.05) is 31.1 Å². The molecule has 1 amide bonds. The topological polar surface area (TPSA) is 82.9 Å². The smallest absolute Gasteiger partial charge is 0.274 e. The van der Waals surface area contributed by atoms with Crippen LogP contribution >= 0.6 is 11.3 Å². The van der Waals surface area contributed by atoms with Crippen molar-refractivity contribution in [2.24, 2.45) is 0 Å². The van der Waals surface area contributed by atoms with Crippen molar-refractivity contribution in [3.8, 4) is 11.5 Å². The summed E-state index contributed by atoms with van der Waals surface area (Å²) in [5.74, 6) is 0.996. The van der Waals surface area contributed by atoms with Crippen LogP contribution in [-0.4, -0.2) is 48.0 Å². The molecule has 0 aliphatic heterocycles. The zero-order valence-corrected chi connectivity index (χ0v) is 19.3. The molecule has 3 aromatic rings. The number of ether oxygens (including phenoxy) is 3. The van der Waals surface area contributed by atoms with Gasteiger partial charge in [0.25, 0.3) is 11.5 Å². The lowest BCUT2D eigenvalue weighted by Crippen LogP contribution is -2.33. The van der Waals surface area contributed by atoms with E-state index in [-0.39, 0.29) is 23.7 Å². The minimum atomic E-state index is -0.274. The highest BCUT2D eigenvalue weighted by atomic mass is 32.1. The summed E-state index contributed by atoms with van der Waals surface area (Å²) in [6.45, 7) is 3.84. The fourth-order valence-electron chi connectivity index (χ4n) is 3.08. The highest BCUT2D eigenvalue weighted by Gasteiger charge is 2.18. The van der Waals surface area contributed by atoms with Crippen LogP contribution in [0, 0.1) is 0 Å². The largest absolute Gasteiger partial charge is 0.493 e. The number of carbonyl (C=O) groups excluding carboxylic acids is 1. The molecule has 0 bridgehead atoms. The maximum atomic E-state index is 13.0. The molecule has 0 saturated carbocycles. The number of hydrogen-bond donors (Lipinski definition) is 0. The van der Waals surface area contributed by atoms with Crippen LogP contribution in [0.25, 0.3) is 0 Å². The highest BCUT2D eigenvalue weighted by molar-refractivity contribution is 7.09. The van der Waals surface area contributed by atoms with Gasteiger partial charge in [-0.25, -0.2) is 4.68 Å². The summed E-state index contributed by atoms with van der Waals surface area (Å²) in [5, 5.41) is 6.21. The zero-order chi connectivity index (χ0) is 22.9. The Balaban J connectivity index is 1.73. The standard InChI is InChI=1S/C23H27N3O5S/c1-4-25(23(28)19-8-10-22(27)26(24-19)11-12-29-2)15-17-7-9-20(21(14-17)30-3)31-16-18-6-5-13-32-18/h5-10,13-14H,4,11-12,15-16H2,1-3H3. The molecule has 1 aromatic carbocycles. The van der Waals surface area contributed by atoms with Crippen LogP contribution in [0.15, 0.2) is 52.6 Å². The van der Waals surface area contributed by atoms with E-state index in [1.165, 1.54) is 16.8 Å². The molecule has 0 fully saturated rings. The van der Waals surface area contributed by atoms with E-state index in [0.29, 0.717) is 37.8 Å². The SMILES string of the molecule is CCN(Cc1ccc(OCc2cccs2)c(OC)c1)C(=O)c1ccc(=O)n(CCOC)n1. The van der Waals surface area contributed by atoms with E-state index in [0.717, 1.165) is 10.4 Å². The molecule has 0 aliphatic carbocycles. The van der Waals surface area contributed by atoms with Gasteiger partial charge in [0.15, 0.2) is 11.5 Å². The minimum Gasteiger partial charge on any atom is -0.493 e. The van der Waals surface area contributed by atoms with Gasteiger partial charge in [0.1, 0.15) is 12.3 Å². The second-order valence-electron chi connectivity index (χ2n) is 6.95. The molecule has 0 atom stereocenters. The molecule has 2 heterocycles. The number of benzene rings is 1. The third-order valence-electron chi connectivity index (χ3n) is 4.81. The summed E-state index contributed by atoms with van der Waals surface area (Å²) in [4.78, 5) is 27.8. The molecule has 0 saturated heterocycles. The van der Waals surface area contributed by atoms with Crippen LogP contribution in [0.5, 0.6) is 11.5 Å². The summed E-state index contributed by atoms with van der Waals surface area (Å²) in [6, 6.07) is 12.4. The van der Waals surface area contributed by atoms with Gasteiger partial charge in [0.2, 0.25) is 0 Å². The number of aromatic nitrogens is 2. The van der Waals surface area contributed by atoms with Crippen LogP contribution in [0.2, 0.25) is 0 Å². The van der Waals surface area contributed by atoms with E-state index in [2.05, 4.69) is 5.10 Å². The van der Waals surface area contributed by atoms with Crippen molar-refractivity contribution in [2.75, 3.05) is 27.4 Å². The van der Waals surface area contributed by atoms with E-state index in [9.17, 15) is 9.59 Å². The average molecular weight is 458 g/mol. The van der Waals surface area contributed by atoms with E-state index in [4.69, 9.17) is 14.2 Å². The number of thiophene rings is 1. The van der Waals surface area contributed by atoms with E-state index >= 15 is 0 Å². The Morgan fingerprint density at radius 3 is 2.69 bits per heavy atom. The fraction of sp³-hybridized carbons (Fsp3) is 0.348. The lowest BCUT2D eigenvalue weighted by molar-refractivity contribution is 0.0742. The fourth-order valence-corrected chi connectivity index (χ4v) is 3.70. The Kier molecular flexibility index (Phi) is 8.41. The molecule has 0 N–H and O–H groups in total. The van der Waals surface area contributed by atoms with Crippen LogP contribution in [0.4, 0.5) is 0 Å². The van der Waals surface area contributed by atoms with Crippen molar-refractivity contribution in [2.45, 2.75) is 26.6 Å². The van der Waals surface area contributed by atoms with Gasteiger partial charge >= 0.3 is 0 Å². The van der Waals surface area contributed by atoms with Crippen molar-refractivity contribution in [3.05, 3.63) is 74.3 Å². The van der Waals surface area contributed by atoms with Gasteiger partial charge < -0.3 is 19.1 Å². The van der Waals surface area contributed by atoms with Crippen LogP contribution in [0.1, 0.15) is 27.9 Å². The second-order valence-corrected chi connectivity index (χ2v) is 7.98. The maximum absolute atomic E-state index is 13.0. The first-order chi connectivity index (χ1) is 15.5. The third kappa shape index (κ3) is 5.95. The van der Waals surface area contributed by atoms with E-state index in [1.807, 2.05) is 42.6 Å². The Labute approximate surface area is 191 Å². The number of amides is 1. The van der Waals surface area contributed by atoms with E-state index < -0.39 is 0 Å². The summed E-state index contributed by atoms with van der Waals surface area (Å²) in [7, 11) is 3.14. The molecule has 0 spiro atoms. The molecule has 0 unspecified atom stereocenters. The first kappa shape index (κ1) is 23.5. The Bertz CT molecular complexity index is 1080. The first-order valence-electron chi connectivity index (χ1n) is 10.2. The molecule has 170 valence electrons. The Morgan fingerprint density at radius 1 is 1.16 bits per heavy atom. The van der Waals surface area contributed by atoms with Gasteiger partial charge in [-0.2, -0.15) is 5.10 Å². The molecular formula is C23H27N3O5S. The Hall–Kier alpha value is -3.17. The molecule has 0 radical (unpaired) electrons. The van der Waals surface area contributed by atoms with Crippen LogP contribution < -0.4 is 15.0 Å². The normalized spacial score (nSPS) is 10.7. The quantitative estimate of drug-likeness (QED) is 0.440. The third-order valence-corrected chi connectivity index (χ3v) is 5.66.